The van der Waals surface area contributed by atoms with Gasteiger partial charge < -0.3 is 11.1 Å². The molecule has 84 valence electrons. The highest BCUT2D eigenvalue weighted by Crippen LogP contribution is 2.19. The Bertz CT molecular complexity index is 455. The van der Waals surface area contributed by atoms with E-state index in [1.54, 1.807) is 0 Å². The predicted molar refractivity (Wildman–Crippen MR) is 63.7 cm³/mol. The van der Waals surface area contributed by atoms with E-state index in [0.29, 0.717) is 17.3 Å². The minimum atomic E-state index is -0.592. The van der Waals surface area contributed by atoms with Gasteiger partial charge >= 0.3 is 6.03 Å². The Kier molecular flexibility index (Phi) is 2.59. The lowest BCUT2D eigenvalue weighted by Crippen LogP contribution is -2.50. The molecule has 1 aromatic rings. The monoisotopic (exact) mass is 237 g/mol. The Balaban J connectivity index is 2.19. The number of halogens is 1. The number of carbonyl (C=O) groups is 1. The van der Waals surface area contributed by atoms with Crippen LogP contribution in [0.5, 0.6) is 0 Å². The summed E-state index contributed by atoms with van der Waals surface area (Å²) in [5, 5.41) is 3.43. The summed E-state index contributed by atoms with van der Waals surface area (Å²) in [6, 6.07) is 7.06. The van der Waals surface area contributed by atoms with Crippen LogP contribution in [-0.4, -0.2) is 17.4 Å². The van der Waals surface area contributed by atoms with Crippen molar-refractivity contribution in [3.05, 3.63) is 34.9 Å². The molecule has 1 unspecified atom stereocenters. The van der Waals surface area contributed by atoms with E-state index in [1.807, 2.05) is 31.2 Å². The molecule has 2 rings (SSSR count). The fraction of sp³-hybridized carbons (Fsp3) is 0.273. The smallest absolute Gasteiger partial charge is 0.343 e. The lowest BCUT2D eigenvalue weighted by Gasteiger charge is -2.23. The molecule has 0 bridgehead atoms. The third-order valence-corrected chi connectivity index (χ3v) is 2.89. The summed E-state index contributed by atoms with van der Waals surface area (Å²) < 4.78 is 0. The first-order valence-corrected chi connectivity index (χ1v) is 5.29. The molecule has 0 radical (unpaired) electrons. The highest BCUT2D eigenvalue weighted by atomic mass is 35.5. The van der Waals surface area contributed by atoms with Crippen LogP contribution in [0.4, 0.5) is 4.79 Å². The second-order valence-electron chi connectivity index (χ2n) is 4.06. The Morgan fingerprint density at radius 3 is 2.56 bits per heavy atom. The maximum absolute atomic E-state index is 11.1. The third kappa shape index (κ3) is 2.02. The van der Waals surface area contributed by atoms with E-state index < -0.39 is 5.54 Å². The van der Waals surface area contributed by atoms with Gasteiger partial charge in [0.2, 0.25) is 0 Å². The van der Waals surface area contributed by atoms with Gasteiger partial charge in [-0.2, -0.15) is 4.99 Å². The fourth-order valence-corrected chi connectivity index (χ4v) is 1.83. The molecule has 0 aromatic heterocycles. The Morgan fingerprint density at radius 1 is 1.44 bits per heavy atom. The van der Waals surface area contributed by atoms with Crippen molar-refractivity contribution in [3.8, 4) is 0 Å². The molecule has 0 aliphatic carbocycles. The van der Waals surface area contributed by atoms with Crippen LogP contribution in [0.3, 0.4) is 0 Å². The number of nitrogens with zero attached hydrogens (tertiary/aromatic N) is 1. The number of hydrogen-bond acceptors (Lipinski definition) is 2. The van der Waals surface area contributed by atoms with Crippen LogP contribution >= 0.6 is 11.6 Å². The number of amidine groups is 1. The second kappa shape index (κ2) is 3.79. The molecule has 1 heterocycles. The normalized spacial score (nSPS) is 24.1. The molecule has 0 fully saturated rings. The minimum Gasteiger partial charge on any atom is -0.385 e. The van der Waals surface area contributed by atoms with Gasteiger partial charge in [0.05, 0.1) is 0 Å². The average molecular weight is 238 g/mol. The fourth-order valence-electron chi connectivity index (χ4n) is 1.71. The van der Waals surface area contributed by atoms with E-state index >= 15 is 0 Å². The van der Waals surface area contributed by atoms with Gasteiger partial charge in [-0.25, -0.2) is 4.79 Å². The van der Waals surface area contributed by atoms with E-state index in [4.69, 9.17) is 17.3 Å². The van der Waals surface area contributed by atoms with Gasteiger partial charge in [0.15, 0.2) is 0 Å². The van der Waals surface area contributed by atoms with Crippen molar-refractivity contribution >= 4 is 23.5 Å². The summed E-state index contributed by atoms with van der Waals surface area (Å²) in [7, 11) is 0. The summed E-state index contributed by atoms with van der Waals surface area (Å²) in [5.74, 6) is 0.326. The van der Waals surface area contributed by atoms with E-state index in [0.717, 1.165) is 5.56 Å². The third-order valence-electron chi connectivity index (χ3n) is 2.64. The number of amides is 2. The molecular formula is C11H12ClN3O. The van der Waals surface area contributed by atoms with Crippen LogP contribution < -0.4 is 11.1 Å². The van der Waals surface area contributed by atoms with Crippen molar-refractivity contribution in [3.63, 3.8) is 0 Å². The molecule has 1 aromatic carbocycles. The summed E-state index contributed by atoms with van der Waals surface area (Å²) >= 11 is 5.80. The maximum atomic E-state index is 11.1. The van der Waals surface area contributed by atoms with Gasteiger partial charge in [-0.15, -0.1) is 0 Å². The minimum absolute atomic E-state index is 0.326. The van der Waals surface area contributed by atoms with E-state index in [2.05, 4.69) is 10.3 Å². The quantitative estimate of drug-likeness (QED) is 0.823. The van der Waals surface area contributed by atoms with Crippen molar-refractivity contribution in [2.45, 2.75) is 18.9 Å². The van der Waals surface area contributed by atoms with Crippen LogP contribution in [0, 0.1) is 0 Å². The zero-order chi connectivity index (χ0) is 11.8. The number of aliphatic imine (C=N–C) groups is 1. The summed E-state index contributed by atoms with van der Waals surface area (Å²) in [5.41, 5.74) is 6.18. The Hall–Kier alpha value is -1.55. The van der Waals surface area contributed by atoms with Gasteiger partial charge in [0.1, 0.15) is 11.4 Å². The molecular weight excluding hydrogens is 226 g/mol. The molecule has 1 aliphatic heterocycles. The lowest BCUT2D eigenvalue weighted by atomic mass is 9.92. The van der Waals surface area contributed by atoms with Gasteiger partial charge in [0, 0.05) is 11.4 Å². The van der Waals surface area contributed by atoms with Gasteiger partial charge in [-0.1, -0.05) is 23.7 Å². The molecule has 0 saturated carbocycles. The van der Waals surface area contributed by atoms with Crippen molar-refractivity contribution in [2.75, 3.05) is 0 Å². The zero-order valence-electron chi connectivity index (χ0n) is 8.83. The lowest BCUT2D eigenvalue weighted by molar-refractivity contribution is 0.247. The molecule has 4 nitrogen and oxygen atoms in total. The predicted octanol–water partition coefficient (Wildman–Crippen LogP) is 1.72. The van der Waals surface area contributed by atoms with Gasteiger partial charge in [-0.05, 0) is 24.6 Å². The molecule has 2 amide bonds. The maximum Gasteiger partial charge on any atom is 0.343 e. The number of benzene rings is 1. The first kappa shape index (κ1) is 11.0. The molecule has 16 heavy (non-hydrogen) atoms. The van der Waals surface area contributed by atoms with Crippen LogP contribution in [-0.2, 0) is 6.42 Å². The molecule has 5 heteroatoms. The number of nitrogens with two attached hydrogens (primary N) is 1. The molecule has 1 atom stereocenters. The molecule has 0 spiro atoms. The number of nitrogens with one attached hydrogen (secondary N) is 1. The van der Waals surface area contributed by atoms with E-state index in [9.17, 15) is 4.79 Å². The van der Waals surface area contributed by atoms with Gasteiger partial charge in [0.25, 0.3) is 0 Å². The standard InChI is InChI=1S/C11H12ClN3O/c1-11(9(13)14-10(16)15-11)6-7-2-4-8(12)5-3-7/h2-5H,6H2,1H3,(H3,13,14,15,16). The van der Waals surface area contributed by atoms with Crippen LogP contribution in [0.25, 0.3) is 0 Å². The SMILES string of the molecule is CC1(Cc2ccc(Cl)cc2)NC(=O)N=C1N. The summed E-state index contributed by atoms with van der Waals surface area (Å²) in [4.78, 5) is 14.8. The number of hydrogen-bond donors (Lipinski definition) is 2. The summed E-state index contributed by atoms with van der Waals surface area (Å²) in [6.07, 6.45) is 0.602. The molecule has 3 N–H and O–H groups in total. The average Bonchev–Trinajstić information content (AvgIpc) is 2.44. The van der Waals surface area contributed by atoms with E-state index in [-0.39, 0.29) is 6.03 Å². The summed E-state index contributed by atoms with van der Waals surface area (Å²) in [6.45, 7) is 1.85. The highest BCUT2D eigenvalue weighted by molar-refractivity contribution is 6.30. The number of rotatable bonds is 2. The first-order chi connectivity index (χ1) is 7.49. The van der Waals surface area contributed by atoms with Crippen LogP contribution in [0.2, 0.25) is 5.02 Å². The van der Waals surface area contributed by atoms with Crippen molar-refractivity contribution in [2.24, 2.45) is 10.7 Å². The van der Waals surface area contributed by atoms with Crippen molar-refractivity contribution < 1.29 is 4.79 Å². The van der Waals surface area contributed by atoms with Crippen molar-refractivity contribution in [1.29, 1.82) is 0 Å². The van der Waals surface area contributed by atoms with Crippen molar-refractivity contribution in [1.82, 2.24) is 5.32 Å². The largest absolute Gasteiger partial charge is 0.385 e. The van der Waals surface area contributed by atoms with Gasteiger partial charge in [-0.3, -0.25) is 0 Å². The first-order valence-electron chi connectivity index (χ1n) is 4.91. The van der Waals surface area contributed by atoms with Crippen LogP contribution in [0.1, 0.15) is 12.5 Å². The molecule has 0 saturated heterocycles. The number of urea groups is 1. The van der Waals surface area contributed by atoms with Crippen LogP contribution in [0.15, 0.2) is 29.3 Å². The molecule has 1 aliphatic rings. The Morgan fingerprint density at radius 2 is 2.06 bits per heavy atom. The van der Waals surface area contributed by atoms with E-state index in [1.165, 1.54) is 0 Å². The number of carbonyl (C=O) groups excluding carboxylic acids is 1. The Labute approximate surface area is 98.5 Å². The highest BCUT2D eigenvalue weighted by Gasteiger charge is 2.36. The second-order valence-corrected chi connectivity index (χ2v) is 4.50. The zero-order valence-corrected chi connectivity index (χ0v) is 9.58. The topological polar surface area (TPSA) is 67.5 Å².